The summed E-state index contributed by atoms with van der Waals surface area (Å²) >= 11 is 1.71. The van der Waals surface area contributed by atoms with E-state index in [0.29, 0.717) is 12.2 Å². The van der Waals surface area contributed by atoms with Crippen LogP contribution in [-0.2, 0) is 13.0 Å². The van der Waals surface area contributed by atoms with E-state index in [1.165, 1.54) is 5.56 Å². The number of hydrogen-bond acceptors (Lipinski definition) is 5. The number of nitrogens with zero attached hydrogens (tertiary/aromatic N) is 2. The quantitative estimate of drug-likeness (QED) is 0.246. The Kier molecular flexibility index (Phi) is 4.88. The summed E-state index contributed by atoms with van der Waals surface area (Å²) in [7, 11) is 0. The van der Waals surface area contributed by atoms with E-state index >= 15 is 0 Å². The number of rotatable bonds is 6. The number of aromatic nitrogens is 1. The van der Waals surface area contributed by atoms with Crippen LogP contribution < -0.4 is 11.1 Å². The third-order valence-corrected chi connectivity index (χ3v) is 3.46. The van der Waals surface area contributed by atoms with E-state index < -0.39 is 0 Å². The molecule has 0 aliphatic heterocycles. The summed E-state index contributed by atoms with van der Waals surface area (Å²) < 4.78 is 0. The van der Waals surface area contributed by atoms with Crippen LogP contribution in [0.1, 0.15) is 16.8 Å². The van der Waals surface area contributed by atoms with Crippen molar-refractivity contribution >= 4 is 17.2 Å². The Bertz CT molecular complexity index is 539. The van der Waals surface area contributed by atoms with Gasteiger partial charge in [-0.1, -0.05) is 11.2 Å². The molecule has 0 aliphatic rings. The molecule has 6 heteroatoms. The number of thiophene rings is 1. The van der Waals surface area contributed by atoms with Crippen LogP contribution in [0, 0.1) is 0 Å². The molecule has 0 unspecified atom stereocenters. The molecule has 2 aromatic heterocycles. The molecule has 4 N–H and O–H groups in total. The third-order valence-electron chi connectivity index (χ3n) is 2.73. The molecule has 0 atom stereocenters. The zero-order valence-corrected chi connectivity index (χ0v) is 11.2. The Morgan fingerprint density at radius 1 is 1.47 bits per heavy atom. The summed E-state index contributed by atoms with van der Waals surface area (Å²) in [4.78, 5) is 4.12. The molecule has 0 aromatic carbocycles. The normalized spacial score (nSPS) is 11.7. The fraction of sp³-hybridized carbons (Fsp3) is 0.231. The van der Waals surface area contributed by atoms with Gasteiger partial charge in [-0.3, -0.25) is 4.98 Å². The van der Waals surface area contributed by atoms with Crippen LogP contribution in [-0.4, -0.2) is 22.6 Å². The molecule has 0 amide bonds. The summed E-state index contributed by atoms with van der Waals surface area (Å²) in [5.41, 5.74) is 8.36. The van der Waals surface area contributed by atoms with Gasteiger partial charge in [0.2, 0.25) is 0 Å². The van der Waals surface area contributed by atoms with Gasteiger partial charge in [0.15, 0.2) is 5.84 Å². The van der Waals surface area contributed by atoms with Crippen molar-refractivity contribution < 1.29 is 5.21 Å². The summed E-state index contributed by atoms with van der Waals surface area (Å²) in [6.07, 6.45) is 2.62. The van der Waals surface area contributed by atoms with E-state index in [0.717, 1.165) is 18.5 Å². The molecule has 0 aliphatic carbocycles. The molecule has 2 aromatic rings. The fourth-order valence-corrected chi connectivity index (χ4v) is 2.45. The number of nitrogens with two attached hydrogens (primary N) is 1. The predicted octanol–water partition coefficient (Wildman–Crippen LogP) is 1.57. The lowest BCUT2D eigenvalue weighted by atomic mass is 10.1. The molecule has 0 saturated heterocycles. The molecule has 2 rings (SSSR count). The van der Waals surface area contributed by atoms with E-state index in [1.54, 1.807) is 17.5 Å². The minimum absolute atomic E-state index is 0.0373. The zero-order chi connectivity index (χ0) is 13.5. The van der Waals surface area contributed by atoms with Crippen LogP contribution in [0.3, 0.4) is 0 Å². The van der Waals surface area contributed by atoms with Gasteiger partial charge in [-0.2, -0.15) is 11.3 Å². The van der Waals surface area contributed by atoms with Gasteiger partial charge in [0.1, 0.15) is 5.69 Å². The largest absolute Gasteiger partial charge is 0.409 e. The first-order valence-corrected chi connectivity index (χ1v) is 6.89. The lowest BCUT2D eigenvalue weighted by Crippen LogP contribution is -2.22. The van der Waals surface area contributed by atoms with Crippen LogP contribution in [0.5, 0.6) is 0 Å². The van der Waals surface area contributed by atoms with Crippen molar-refractivity contribution in [2.45, 2.75) is 13.0 Å². The monoisotopic (exact) mass is 276 g/mol. The van der Waals surface area contributed by atoms with E-state index in [1.807, 2.05) is 12.1 Å². The van der Waals surface area contributed by atoms with Crippen LogP contribution in [0.25, 0.3) is 0 Å². The van der Waals surface area contributed by atoms with Gasteiger partial charge in [-0.25, -0.2) is 0 Å². The average molecular weight is 276 g/mol. The van der Waals surface area contributed by atoms with Crippen molar-refractivity contribution in [3.63, 3.8) is 0 Å². The number of hydrogen-bond donors (Lipinski definition) is 3. The second kappa shape index (κ2) is 6.86. The lowest BCUT2D eigenvalue weighted by molar-refractivity contribution is 0.318. The molecule has 0 radical (unpaired) electrons. The van der Waals surface area contributed by atoms with Crippen molar-refractivity contribution in [3.8, 4) is 0 Å². The Labute approximate surface area is 115 Å². The third kappa shape index (κ3) is 3.77. The predicted molar refractivity (Wildman–Crippen MR) is 76.5 cm³/mol. The highest BCUT2D eigenvalue weighted by atomic mass is 32.1. The maximum atomic E-state index is 8.71. The van der Waals surface area contributed by atoms with Crippen molar-refractivity contribution in [1.82, 2.24) is 10.3 Å². The first-order valence-electron chi connectivity index (χ1n) is 5.95. The minimum Gasteiger partial charge on any atom is -0.409 e. The van der Waals surface area contributed by atoms with Crippen molar-refractivity contribution in [2.75, 3.05) is 6.54 Å². The average Bonchev–Trinajstić information content (AvgIpc) is 2.96. The number of pyridine rings is 1. The highest BCUT2D eigenvalue weighted by Crippen LogP contribution is 2.07. The highest BCUT2D eigenvalue weighted by Gasteiger charge is 2.07. The van der Waals surface area contributed by atoms with Crippen LogP contribution >= 0.6 is 11.3 Å². The zero-order valence-electron chi connectivity index (χ0n) is 10.4. The van der Waals surface area contributed by atoms with Crippen molar-refractivity contribution in [3.05, 3.63) is 52.0 Å². The smallest absolute Gasteiger partial charge is 0.189 e. The molecule has 0 saturated carbocycles. The van der Waals surface area contributed by atoms with E-state index in [4.69, 9.17) is 10.9 Å². The lowest BCUT2D eigenvalue weighted by Gasteiger charge is -2.08. The highest BCUT2D eigenvalue weighted by molar-refractivity contribution is 7.07. The summed E-state index contributed by atoms with van der Waals surface area (Å²) in [6.45, 7) is 1.52. The summed E-state index contributed by atoms with van der Waals surface area (Å²) in [5.74, 6) is 0.0373. The molecule has 0 spiro atoms. The summed E-state index contributed by atoms with van der Waals surface area (Å²) in [5, 5.41) is 19.3. The Morgan fingerprint density at radius 3 is 3.11 bits per heavy atom. The number of amidine groups is 1. The second-order valence-corrected chi connectivity index (χ2v) is 4.83. The van der Waals surface area contributed by atoms with E-state index in [-0.39, 0.29) is 5.84 Å². The molecule has 2 heterocycles. The van der Waals surface area contributed by atoms with Crippen molar-refractivity contribution in [1.29, 1.82) is 0 Å². The molecule has 19 heavy (non-hydrogen) atoms. The topological polar surface area (TPSA) is 83.5 Å². The van der Waals surface area contributed by atoms with Crippen LogP contribution in [0.2, 0.25) is 0 Å². The first kappa shape index (κ1) is 13.5. The molecule has 0 bridgehead atoms. The number of oxime groups is 1. The number of nitrogens with one attached hydrogen (secondary N) is 1. The Morgan fingerprint density at radius 2 is 2.37 bits per heavy atom. The standard InChI is InChI=1S/C13H16N4OS/c14-13(17-18)12-11(2-1-5-16-12)8-15-6-3-10-4-7-19-9-10/h1-2,4-5,7,9,15,18H,3,6,8H2,(H2,14,17). The maximum Gasteiger partial charge on any atom is 0.189 e. The second-order valence-electron chi connectivity index (χ2n) is 4.05. The van der Waals surface area contributed by atoms with Crippen LogP contribution in [0.15, 0.2) is 40.3 Å². The molecule has 0 fully saturated rings. The molecular weight excluding hydrogens is 260 g/mol. The fourth-order valence-electron chi connectivity index (χ4n) is 1.75. The SMILES string of the molecule is NC(=NO)c1ncccc1CNCCc1ccsc1. The Hall–Kier alpha value is -1.92. The minimum atomic E-state index is 0.0373. The van der Waals surface area contributed by atoms with Crippen molar-refractivity contribution in [2.24, 2.45) is 10.9 Å². The van der Waals surface area contributed by atoms with Gasteiger partial charge in [0.25, 0.3) is 0 Å². The van der Waals surface area contributed by atoms with Gasteiger partial charge >= 0.3 is 0 Å². The van der Waals surface area contributed by atoms with Crippen LogP contribution in [0.4, 0.5) is 0 Å². The van der Waals surface area contributed by atoms with Gasteiger partial charge in [-0.15, -0.1) is 0 Å². The first-order chi connectivity index (χ1) is 9.31. The maximum absolute atomic E-state index is 8.71. The van der Waals surface area contributed by atoms with Gasteiger partial charge in [0, 0.05) is 12.7 Å². The Balaban J connectivity index is 1.89. The molecule has 100 valence electrons. The summed E-state index contributed by atoms with van der Waals surface area (Å²) in [6, 6.07) is 5.88. The van der Waals surface area contributed by atoms with Gasteiger partial charge < -0.3 is 16.3 Å². The van der Waals surface area contributed by atoms with E-state index in [9.17, 15) is 0 Å². The molecular formula is C13H16N4OS. The van der Waals surface area contributed by atoms with Gasteiger partial charge in [0.05, 0.1) is 0 Å². The van der Waals surface area contributed by atoms with E-state index in [2.05, 4.69) is 32.3 Å². The molecule has 5 nitrogen and oxygen atoms in total. The van der Waals surface area contributed by atoms with Gasteiger partial charge in [-0.05, 0) is 47.0 Å².